The summed E-state index contributed by atoms with van der Waals surface area (Å²) in [4.78, 5) is 109. The number of amides is 2. The Bertz CT molecular complexity index is 2390. The van der Waals surface area contributed by atoms with Gasteiger partial charge < -0.3 is 88.7 Å². The van der Waals surface area contributed by atoms with E-state index in [4.69, 9.17) is 21.7 Å². The number of nitrogen functional groups attached to an aromatic ring is 2. The number of carbonyl (C=O) groups excluding carboxylic acids is 4. The van der Waals surface area contributed by atoms with Gasteiger partial charge in [0.05, 0.1) is 12.1 Å². The predicted octanol–water partition coefficient (Wildman–Crippen LogP) is -4.39. The number of hydrogen-bond donors (Lipinski definition) is 12. The van der Waals surface area contributed by atoms with Crippen LogP contribution < -0.4 is 74.5 Å². The van der Waals surface area contributed by atoms with E-state index in [1.165, 1.54) is 24.3 Å². The van der Waals surface area contributed by atoms with Crippen molar-refractivity contribution in [3.05, 3.63) is 80.4 Å². The Morgan fingerprint density at radius 2 is 1.01 bits per heavy atom. The molecule has 2 aliphatic heterocycles. The quantitative estimate of drug-likeness (QED) is 0.0419. The smallest absolute Gasteiger partial charge is 0.550 e. The third-order valence-electron chi connectivity index (χ3n) is 10.5. The second-order valence-corrected chi connectivity index (χ2v) is 15.1. The van der Waals surface area contributed by atoms with Crippen molar-refractivity contribution in [3.63, 3.8) is 0 Å². The fraction of sp³-hybridized carbons (Fsp3) is 0.350. The number of carboxylic acids is 4. The maximum atomic E-state index is 12.3. The summed E-state index contributed by atoms with van der Waals surface area (Å²) in [6.07, 6.45) is -1.52. The van der Waals surface area contributed by atoms with Crippen LogP contribution in [0.2, 0.25) is 0 Å². The molecular formula is C40H50CaN14O13. The Morgan fingerprint density at radius 1 is 0.676 bits per heavy atom. The molecular weight excluding hydrogens is 925 g/mol. The maximum absolute atomic E-state index is 12.3. The maximum Gasteiger partial charge on any atom is 2.00 e. The van der Waals surface area contributed by atoms with E-state index in [9.17, 15) is 48.6 Å². The molecule has 0 bridgehead atoms. The molecule has 2 amide bonds. The SMILES string of the molecule is CN1c2c(nc(N)[nH]c2=O)NCC1CNc1ccc(C(=O)N[C@@H](CCC(=O)[O-])C(=O)O)cc1.CN1c2c(nc(N)[nH]c2=O)NCC1CNc1ccc(C(=O)N[C@@H](CCC(=O)[O-])C(=O)O)cc1.O.[Ca+2]. The second kappa shape index (κ2) is 25.0. The Labute approximate surface area is 415 Å². The van der Waals surface area contributed by atoms with Gasteiger partial charge in [-0.1, -0.05) is 0 Å². The largest absolute Gasteiger partial charge is 2.00 e. The van der Waals surface area contributed by atoms with E-state index in [0.717, 1.165) is 0 Å². The first-order valence-corrected chi connectivity index (χ1v) is 20.2. The number of nitrogens with two attached hydrogens (primary N) is 2. The molecule has 0 saturated carbocycles. The van der Waals surface area contributed by atoms with Gasteiger partial charge in [-0.05, 0) is 74.2 Å². The van der Waals surface area contributed by atoms with Crippen LogP contribution in [-0.4, -0.2) is 173 Å². The molecule has 0 spiro atoms. The van der Waals surface area contributed by atoms with Crippen LogP contribution in [0, 0.1) is 0 Å². The number of benzene rings is 2. The zero-order chi connectivity index (χ0) is 48.2. The predicted molar refractivity (Wildman–Crippen MR) is 245 cm³/mol. The molecule has 4 atom stereocenters. The summed E-state index contributed by atoms with van der Waals surface area (Å²) in [6.45, 7) is 2.00. The van der Waals surface area contributed by atoms with Gasteiger partial charge in [-0.25, -0.2) is 9.59 Å². The van der Waals surface area contributed by atoms with Crippen LogP contribution in [0.5, 0.6) is 0 Å². The van der Waals surface area contributed by atoms with Crippen molar-refractivity contribution >= 4 is 120 Å². The van der Waals surface area contributed by atoms with Crippen molar-refractivity contribution in [2.24, 2.45) is 0 Å². The average Bonchev–Trinajstić information content (AvgIpc) is 3.25. The molecule has 16 N–H and O–H groups in total. The number of H-pyrrole nitrogens is 2. The van der Waals surface area contributed by atoms with Crippen LogP contribution in [0.15, 0.2) is 58.1 Å². The number of carboxylic acid groups (broad SMARTS) is 4. The molecule has 0 radical (unpaired) electrons. The zero-order valence-electron chi connectivity index (χ0n) is 36.7. The summed E-state index contributed by atoms with van der Waals surface area (Å²) in [7, 11) is 3.57. The van der Waals surface area contributed by atoms with Crippen molar-refractivity contribution in [1.82, 2.24) is 30.6 Å². The fourth-order valence-corrected chi connectivity index (χ4v) is 6.83. The number of anilines is 8. The minimum absolute atomic E-state index is 0. The summed E-state index contributed by atoms with van der Waals surface area (Å²) in [5.41, 5.74) is 13.1. The van der Waals surface area contributed by atoms with Crippen LogP contribution in [0.25, 0.3) is 0 Å². The molecule has 4 heterocycles. The molecule has 2 unspecified atom stereocenters. The Kier molecular flexibility index (Phi) is 20.2. The Morgan fingerprint density at radius 3 is 1.32 bits per heavy atom. The Hall–Kier alpha value is -7.36. The number of fused-ring (bicyclic) bond motifs is 2. The van der Waals surface area contributed by atoms with Crippen LogP contribution in [0.4, 0.5) is 46.3 Å². The van der Waals surface area contributed by atoms with E-state index >= 15 is 0 Å². The standard InChI is InChI=1S/2C20H25N7O6.Ca.H2O/c2*1-27-12(9-23-16-15(27)18(31)26-20(21)25-16)8-22-11-4-2-10(3-5-11)17(30)24-13(19(32)33)6-7-14(28)29;;/h2*2-5,12-13,22H,6-9H2,1H3,(H,24,30)(H,28,29)(H,32,33)(H4,21,23,25,26,31);;1H2/q;;+2;/p-2/t2*12?,13-;;/m00../s1. The van der Waals surface area contributed by atoms with Gasteiger partial charge in [-0.15, -0.1) is 0 Å². The number of aliphatic carboxylic acids is 4. The van der Waals surface area contributed by atoms with Gasteiger partial charge in [0.15, 0.2) is 11.6 Å². The topological polar surface area (TPSA) is 443 Å². The first kappa shape index (κ1) is 55.0. The molecule has 2 aromatic heterocycles. The van der Waals surface area contributed by atoms with E-state index in [2.05, 4.69) is 51.8 Å². The third-order valence-corrected chi connectivity index (χ3v) is 10.5. The van der Waals surface area contributed by atoms with E-state index in [1.807, 2.05) is 9.80 Å². The number of nitrogens with zero attached hydrogens (tertiary/aromatic N) is 4. The van der Waals surface area contributed by atoms with E-state index in [0.29, 0.717) is 60.6 Å². The van der Waals surface area contributed by atoms with Crippen LogP contribution in [0.1, 0.15) is 46.4 Å². The molecule has 6 rings (SSSR count). The van der Waals surface area contributed by atoms with Crippen molar-refractivity contribution < 1.29 is 54.7 Å². The van der Waals surface area contributed by atoms with Crippen molar-refractivity contribution in [2.75, 3.05) is 82.8 Å². The van der Waals surface area contributed by atoms with Gasteiger partial charge in [-0.3, -0.25) is 29.1 Å². The van der Waals surface area contributed by atoms with Gasteiger partial charge in [0.25, 0.3) is 22.9 Å². The molecule has 360 valence electrons. The van der Waals surface area contributed by atoms with E-state index in [-0.39, 0.29) is 102 Å². The number of rotatable bonds is 18. The number of aromatic nitrogens is 4. The summed E-state index contributed by atoms with van der Waals surface area (Å²) in [6, 6.07) is 9.88. The number of aromatic amines is 2. The molecule has 0 saturated heterocycles. The number of likely N-dealkylation sites (N-methyl/N-ethyl adjacent to an activating group) is 2. The van der Waals surface area contributed by atoms with Crippen LogP contribution in [-0.2, 0) is 19.2 Å². The summed E-state index contributed by atoms with van der Waals surface area (Å²) in [5, 5.41) is 56.7. The first-order valence-electron chi connectivity index (χ1n) is 20.2. The normalized spacial score (nSPS) is 15.2. The molecule has 2 aliphatic rings. The molecule has 28 heteroatoms. The van der Waals surface area contributed by atoms with E-state index < -0.39 is 60.6 Å². The molecule has 27 nitrogen and oxygen atoms in total. The molecule has 0 aliphatic carbocycles. The minimum Gasteiger partial charge on any atom is -0.550 e. The number of hydrogen-bond acceptors (Lipinski definition) is 20. The van der Waals surface area contributed by atoms with Gasteiger partial charge >= 0.3 is 49.7 Å². The van der Waals surface area contributed by atoms with Gasteiger partial charge in [0, 0.05) is 74.7 Å². The molecule has 68 heavy (non-hydrogen) atoms. The molecule has 2 aromatic carbocycles. The van der Waals surface area contributed by atoms with Crippen LogP contribution in [0.3, 0.4) is 0 Å². The first-order chi connectivity index (χ1) is 31.3. The average molecular weight is 975 g/mol. The van der Waals surface area contributed by atoms with Crippen LogP contribution >= 0.6 is 0 Å². The zero-order valence-corrected chi connectivity index (χ0v) is 38.9. The van der Waals surface area contributed by atoms with Gasteiger partial charge in [0.1, 0.15) is 23.5 Å². The fourth-order valence-electron chi connectivity index (χ4n) is 6.83. The van der Waals surface area contributed by atoms with Crippen molar-refractivity contribution in [3.8, 4) is 0 Å². The summed E-state index contributed by atoms with van der Waals surface area (Å²) in [5.74, 6) is -5.79. The molecule has 0 fully saturated rings. The second-order valence-electron chi connectivity index (χ2n) is 15.1. The van der Waals surface area contributed by atoms with Gasteiger partial charge in [-0.2, -0.15) is 9.97 Å². The monoisotopic (exact) mass is 974 g/mol. The number of nitrogens with one attached hydrogen (secondary N) is 8. The number of carbonyl (C=O) groups is 6. The van der Waals surface area contributed by atoms with Crippen molar-refractivity contribution in [2.45, 2.75) is 49.9 Å². The van der Waals surface area contributed by atoms with E-state index in [1.54, 1.807) is 38.4 Å². The van der Waals surface area contributed by atoms with Gasteiger partial charge in [0.2, 0.25) is 11.9 Å². The van der Waals surface area contributed by atoms with Crippen molar-refractivity contribution in [1.29, 1.82) is 0 Å². The summed E-state index contributed by atoms with van der Waals surface area (Å²) < 4.78 is 0. The Balaban J connectivity index is 0.000000350. The molecule has 4 aromatic rings. The third kappa shape index (κ3) is 14.8. The minimum atomic E-state index is -1.39. The summed E-state index contributed by atoms with van der Waals surface area (Å²) >= 11 is 0.